The number of furan rings is 1. The van der Waals surface area contributed by atoms with Crippen LogP contribution in [0.15, 0.2) is 53.4 Å². The van der Waals surface area contributed by atoms with Crippen LogP contribution < -0.4 is 5.32 Å². The van der Waals surface area contributed by atoms with Crippen molar-refractivity contribution < 1.29 is 9.21 Å². The normalized spacial score (nSPS) is 10.5. The number of benzene rings is 1. The van der Waals surface area contributed by atoms with Gasteiger partial charge >= 0.3 is 0 Å². The summed E-state index contributed by atoms with van der Waals surface area (Å²) >= 11 is 0. The quantitative estimate of drug-likeness (QED) is 0.776. The molecule has 3 rings (SSSR count). The number of carbonyl (C=O) groups is 1. The molecule has 5 nitrogen and oxygen atoms in total. The standard InChI is InChI=1S/C14H11N3O2/c18-14(13-2-1-7-19-13)17-9-10-3-4-11-12(8-10)16-6-5-15-11/h1-8H,9H2,(H,17,18). The van der Waals surface area contributed by atoms with Crippen molar-refractivity contribution in [3.63, 3.8) is 0 Å². The fourth-order valence-electron chi connectivity index (χ4n) is 1.80. The fraction of sp³-hybridized carbons (Fsp3) is 0.0714. The zero-order valence-electron chi connectivity index (χ0n) is 10.0. The summed E-state index contributed by atoms with van der Waals surface area (Å²) < 4.78 is 5.02. The second kappa shape index (κ2) is 4.89. The van der Waals surface area contributed by atoms with Crippen LogP contribution in [-0.2, 0) is 6.54 Å². The zero-order chi connectivity index (χ0) is 13.1. The summed E-state index contributed by atoms with van der Waals surface area (Å²) in [7, 11) is 0. The van der Waals surface area contributed by atoms with Gasteiger partial charge in [0.15, 0.2) is 5.76 Å². The fourth-order valence-corrected chi connectivity index (χ4v) is 1.80. The van der Waals surface area contributed by atoms with E-state index in [2.05, 4.69) is 15.3 Å². The van der Waals surface area contributed by atoms with E-state index in [1.807, 2.05) is 18.2 Å². The lowest BCUT2D eigenvalue weighted by atomic mass is 10.2. The van der Waals surface area contributed by atoms with E-state index >= 15 is 0 Å². The van der Waals surface area contributed by atoms with E-state index in [0.29, 0.717) is 12.3 Å². The van der Waals surface area contributed by atoms with Crippen LogP contribution in [0.2, 0.25) is 0 Å². The number of nitrogens with zero attached hydrogens (tertiary/aromatic N) is 2. The van der Waals surface area contributed by atoms with Gasteiger partial charge in [0.25, 0.3) is 5.91 Å². The molecule has 0 aliphatic carbocycles. The van der Waals surface area contributed by atoms with Crippen LogP contribution in [0.3, 0.4) is 0 Å². The maximum absolute atomic E-state index is 11.7. The van der Waals surface area contributed by atoms with Gasteiger partial charge in [-0.1, -0.05) is 6.07 Å². The highest BCUT2D eigenvalue weighted by Crippen LogP contribution is 2.11. The van der Waals surface area contributed by atoms with Crippen LogP contribution in [0, 0.1) is 0 Å². The Labute approximate surface area is 109 Å². The molecule has 5 heteroatoms. The van der Waals surface area contributed by atoms with Crippen molar-refractivity contribution in [1.29, 1.82) is 0 Å². The molecule has 3 aromatic rings. The van der Waals surface area contributed by atoms with Gasteiger partial charge < -0.3 is 9.73 Å². The van der Waals surface area contributed by atoms with Crippen LogP contribution in [0.25, 0.3) is 11.0 Å². The number of aromatic nitrogens is 2. The van der Waals surface area contributed by atoms with Crippen LogP contribution in [-0.4, -0.2) is 15.9 Å². The molecule has 2 aromatic heterocycles. The Bertz CT molecular complexity index is 708. The molecule has 1 aromatic carbocycles. The van der Waals surface area contributed by atoms with E-state index in [1.54, 1.807) is 24.5 Å². The molecule has 0 bridgehead atoms. The lowest BCUT2D eigenvalue weighted by molar-refractivity contribution is 0.0923. The number of amides is 1. The molecule has 0 radical (unpaired) electrons. The third-order valence-electron chi connectivity index (χ3n) is 2.73. The van der Waals surface area contributed by atoms with Gasteiger partial charge in [-0.05, 0) is 29.8 Å². The Morgan fingerprint density at radius 3 is 2.79 bits per heavy atom. The minimum Gasteiger partial charge on any atom is -0.459 e. The van der Waals surface area contributed by atoms with Crippen molar-refractivity contribution in [2.75, 3.05) is 0 Å². The second-order valence-corrected chi connectivity index (χ2v) is 4.04. The Hall–Kier alpha value is -2.69. The predicted molar refractivity (Wildman–Crippen MR) is 69.4 cm³/mol. The number of nitrogens with one attached hydrogen (secondary N) is 1. The first-order valence-corrected chi connectivity index (χ1v) is 5.84. The molecular formula is C14H11N3O2. The van der Waals surface area contributed by atoms with E-state index in [9.17, 15) is 4.79 Å². The predicted octanol–water partition coefficient (Wildman–Crippen LogP) is 2.15. The molecule has 0 spiro atoms. The average Bonchev–Trinajstić information content (AvgIpc) is 2.99. The molecule has 0 aliphatic rings. The van der Waals surface area contributed by atoms with Crippen molar-refractivity contribution in [3.8, 4) is 0 Å². The second-order valence-electron chi connectivity index (χ2n) is 4.04. The SMILES string of the molecule is O=C(NCc1ccc2nccnc2c1)c1ccco1. The molecular weight excluding hydrogens is 242 g/mol. The van der Waals surface area contributed by atoms with Gasteiger partial charge in [0.1, 0.15) is 0 Å². The number of carbonyl (C=O) groups excluding carboxylic acids is 1. The van der Waals surface area contributed by atoms with Gasteiger partial charge in [0, 0.05) is 18.9 Å². The molecule has 0 aliphatic heterocycles. The van der Waals surface area contributed by atoms with Gasteiger partial charge in [-0.3, -0.25) is 14.8 Å². The van der Waals surface area contributed by atoms with E-state index in [1.165, 1.54) is 6.26 Å². The van der Waals surface area contributed by atoms with Crippen molar-refractivity contribution in [2.24, 2.45) is 0 Å². The molecule has 19 heavy (non-hydrogen) atoms. The Morgan fingerprint density at radius 1 is 1.16 bits per heavy atom. The lowest BCUT2D eigenvalue weighted by Gasteiger charge is -2.04. The molecule has 0 saturated heterocycles. The molecule has 0 unspecified atom stereocenters. The smallest absolute Gasteiger partial charge is 0.287 e. The van der Waals surface area contributed by atoms with Gasteiger partial charge in [0.2, 0.25) is 0 Å². The van der Waals surface area contributed by atoms with Crippen LogP contribution in [0.5, 0.6) is 0 Å². The number of fused-ring (bicyclic) bond motifs is 1. The summed E-state index contributed by atoms with van der Waals surface area (Å²) in [5, 5.41) is 2.79. The number of rotatable bonds is 3. The maximum atomic E-state index is 11.7. The molecule has 1 N–H and O–H groups in total. The van der Waals surface area contributed by atoms with Gasteiger partial charge in [-0.15, -0.1) is 0 Å². The minimum absolute atomic E-state index is 0.232. The molecule has 94 valence electrons. The largest absolute Gasteiger partial charge is 0.459 e. The topological polar surface area (TPSA) is 68.0 Å². The number of hydrogen-bond acceptors (Lipinski definition) is 4. The monoisotopic (exact) mass is 253 g/mol. The Kier molecular flexibility index (Phi) is 2.94. The molecule has 1 amide bonds. The Balaban J connectivity index is 1.73. The summed E-state index contributed by atoms with van der Waals surface area (Å²) in [5.74, 6) is 0.0739. The molecule has 0 fully saturated rings. The van der Waals surface area contributed by atoms with Crippen molar-refractivity contribution >= 4 is 16.9 Å². The van der Waals surface area contributed by atoms with Crippen molar-refractivity contribution in [2.45, 2.75) is 6.54 Å². The van der Waals surface area contributed by atoms with Gasteiger partial charge in [-0.2, -0.15) is 0 Å². The maximum Gasteiger partial charge on any atom is 0.287 e. The molecule has 0 saturated carbocycles. The summed E-state index contributed by atoms with van der Waals surface area (Å²) in [6, 6.07) is 9.02. The summed E-state index contributed by atoms with van der Waals surface area (Å²) in [6.07, 6.45) is 4.77. The van der Waals surface area contributed by atoms with Crippen molar-refractivity contribution in [1.82, 2.24) is 15.3 Å². The third-order valence-corrected chi connectivity index (χ3v) is 2.73. The minimum atomic E-state index is -0.232. The molecule has 0 atom stereocenters. The lowest BCUT2D eigenvalue weighted by Crippen LogP contribution is -2.22. The first-order valence-electron chi connectivity index (χ1n) is 5.84. The molecule has 2 heterocycles. The van der Waals surface area contributed by atoms with Gasteiger partial charge in [-0.25, -0.2) is 0 Å². The van der Waals surface area contributed by atoms with Gasteiger partial charge in [0.05, 0.1) is 17.3 Å². The summed E-state index contributed by atoms with van der Waals surface area (Å²) in [5.41, 5.74) is 2.61. The van der Waals surface area contributed by atoms with Crippen LogP contribution in [0.4, 0.5) is 0 Å². The van der Waals surface area contributed by atoms with E-state index in [0.717, 1.165) is 16.6 Å². The highest BCUT2D eigenvalue weighted by atomic mass is 16.3. The third kappa shape index (κ3) is 2.44. The Morgan fingerprint density at radius 2 is 2.00 bits per heavy atom. The first kappa shape index (κ1) is 11.4. The summed E-state index contributed by atoms with van der Waals surface area (Å²) in [4.78, 5) is 20.1. The van der Waals surface area contributed by atoms with Crippen LogP contribution >= 0.6 is 0 Å². The van der Waals surface area contributed by atoms with E-state index < -0.39 is 0 Å². The highest BCUT2D eigenvalue weighted by Gasteiger charge is 2.07. The summed E-state index contributed by atoms with van der Waals surface area (Å²) in [6.45, 7) is 0.423. The number of hydrogen-bond donors (Lipinski definition) is 1. The first-order chi connectivity index (χ1) is 9.33. The van der Waals surface area contributed by atoms with E-state index in [4.69, 9.17) is 4.42 Å². The van der Waals surface area contributed by atoms with Crippen molar-refractivity contribution in [3.05, 3.63) is 60.3 Å². The highest BCUT2D eigenvalue weighted by molar-refractivity contribution is 5.91. The van der Waals surface area contributed by atoms with E-state index in [-0.39, 0.29) is 5.91 Å². The zero-order valence-corrected chi connectivity index (χ0v) is 10.0. The van der Waals surface area contributed by atoms with Crippen LogP contribution in [0.1, 0.15) is 16.1 Å². The average molecular weight is 253 g/mol.